The van der Waals surface area contributed by atoms with Gasteiger partial charge in [0.05, 0.1) is 17.7 Å². The normalized spacial score (nSPS) is 16.2. The van der Waals surface area contributed by atoms with Crippen molar-refractivity contribution in [3.05, 3.63) is 94.3 Å². The predicted molar refractivity (Wildman–Crippen MR) is 152 cm³/mol. The number of hydrogen-bond donors (Lipinski definition) is 1. The smallest absolute Gasteiger partial charge is 0.416 e. The second-order valence-electron chi connectivity index (χ2n) is 10.9. The fourth-order valence-corrected chi connectivity index (χ4v) is 5.33. The van der Waals surface area contributed by atoms with Crippen LogP contribution in [-0.4, -0.2) is 35.4 Å². The number of piperidine rings is 1. The van der Waals surface area contributed by atoms with Crippen molar-refractivity contribution in [2.45, 2.75) is 45.3 Å². The molecule has 9 heteroatoms. The molecule has 6 nitrogen and oxygen atoms in total. The van der Waals surface area contributed by atoms with E-state index in [9.17, 15) is 18.0 Å². The van der Waals surface area contributed by atoms with Crippen molar-refractivity contribution in [1.29, 1.82) is 0 Å². The van der Waals surface area contributed by atoms with E-state index >= 15 is 0 Å². The molecular weight excluding hydrogens is 529 g/mol. The highest BCUT2D eigenvalue weighted by atomic mass is 19.4. The average molecular weight is 561 g/mol. The van der Waals surface area contributed by atoms with Gasteiger partial charge in [-0.05, 0) is 84.8 Å². The maximum atomic E-state index is 13.1. The summed E-state index contributed by atoms with van der Waals surface area (Å²) in [6.07, 6.45) is -2.48. The molecule has 0 saturated carbocycles. The summed E-state index contributed by atoms with van der Waals surface area (Å²) in [7, 11) is 0. The van der Waals surface area contributed by atoms with Gasteiger partial charge in [-0.25, -0.2) is 9.83 Å². The number of nitrogens with one attached hydrogen (secondary N) is 1. The first-order valence-electron chi connectivity index (χ1n) is 13.7. The number of oxazole rings is 1. The number of nitrogens with zero attached hydrogens (tertiary/aromatic N) is 3. The van der Waals surface area contributed by atoms with E-state index in [-0.39, 0.29) is 17.7 Å². The van der Waals surface area contributed by atoms with Gasteiger partial charge in [0.1, 0.15) is 0 Å². The molecule has 2 heterocycles. The summed E-state index contributed by atoms with van der Waals surface area (Å²) in [5.41, 5.74) is 3.99. The Morgan fingerprint density at radius 1 is 1.17 bits per heavy atom. The van der Waals surface area contributed by atoms with E-state index in [1.54, 1.807) is 36.4 Å². The zero-order chi connectivity index (χ0) is 29.1. The Labute approximate surface area is 237 Å². The monoisotopic (exact) mass is 560 g/mol. The van der Waals surface area contributed by atoms with Gasteiger partial charge in [0.2, 0.25) is 5.89 Å². The molecule has 0 spiro atoms. The van der Waals surface area contributed by atoms with E-state index in [0.717, 1.165) is 36.6 Å². The van der Waals surface area contributed by atoms with E-state index in [4.69, 9.17) is 11.0 Å². The molecular formula is C32H31F3N4O2. The molecule has 0 unspecified atom stereocenters. The molecule has 1 amide bonds. The van der Waals surface area contributed by atoms with E-state index in [0.29, 0.717) is 53.4 Å². The fourth-order valence-electron chi connectivity index (χ4n) is 5.33. The zero-order valence-electron chi connectivity index (χ0n) is 23.0. The van der Waals surface area contributed by atoms with Gasteiger partial charge in [-0.1, -0.05) is 32.0 Å². The summed E-state index contributed by atoms with van der Waals surface area (Å²) in [5.74, 6) is 0.628. The second kappa shape index (κ2) is 11.8. The van der Waals surface area contributed by atoms with Crippen molar-refractivity contribution >= 4 is 22.7 Å². The SMILES string of the molecule is [C-]#[N+]c1cc(C(C)C)c2oc(-c3ccc(C(=O)NC[C@H]4CCCN(Cc5cccc(C(F)(F)F)c5)C4)cc3)nc2c1. The summed E-state index contributed by atoms with van der Waals surface area (Å²) in [6, 6.07) is 16.1. The number of aromatic nitrogens is 1. The van der Waals surface area contributed by atoms with Gasteiger partial charge in [-0.15, -0.1) is 0 Å². The van der Waals surface area contributed by atoms with E-state index in [1.807, 2.05) is 19.9 Å². The molecule has 1 aliphatic heterocycles. The minimum atomic E-state index is -4.36. The lowest BCUT2D eigenvalue weighted by Crippen LogP contribution is -2.40. The first-order valence-corrected chi connectivity index (χ1v) is 13.7. The van der Waals surface area contributed by atoms with Gasteiger partial charge in [0, 0.05) is 30.8 Å². The summed E-state index contributed by atoms with van der Waals surface area (Å²) >= 11 is 0. The van der Waals surface area contributed by atoms with Crippen LogP contribution in [0.2, 0.25) is 0 Å². The van der Waals surface area contributed by atoms with Crippen molar-refractivity contribution in [2.24, 2.45) is 5.92 Å². The Kier molecular flexibility index (Phi) is 8.13. The largest absolute Gasteiger partial charge is 0.436 e. The van der Waals surface area contributed by atoms with Crippen molar-refractivity contribution < 1.29 is 22.4 Å². The van der Waals surface area contributed by atoms with Crippen LogP contribution >= 0.6 is 0 Å². The number of likely N-dealkylation sites (tertiary alicyclic amines) is 1. The third-order valence-corrected chi connectivity index (χ3v) is 7.46. The van der Waals surface area contributed by atoms with E-state index in [1.165, 1.54) is 12.1 Å². The molecule has 0 aliphatic carbocycles. The summed E-state index contributed by atoms with van der Waals surface area (Å²) in [4.78, 5) is 23.2. The first-order chi connectivity index (χ1) is 19.6. The molecule has 41 heavy (non-hydrogen) atoms. The van der Waals surface area contributed by atoms with Gasteiger partial charge < -0.3 is 9.73 Å². The van der Waals surface area contributed by atoms with E-state index < -0.39 is 11.7 Å². The van der Waals surface area contributed by atoms with Crippen LogP contribution in [0, 0.1) is 12.5 Å². The minimum Gasteiger partial charge on any atom is -0.436 e. The second-order valence-corrected chi connectivity index (χ2v) is 10.9. The molecule has 1 aliphatic rings. The molecule has 1 aromatic heterocycles. The standard InChI is InChI=1S/C32H31F3N4O2/c1-20(2)27-15-26(36-3)16-28-29(27)41-31(38-28)24-11-9-23(10-12-24)30(40)37-17-22-7-5-13-39(19-22)18-21-6-4-8-25(14-21)32(33,34)35/h4,6,8-12,14-16,20,22H,5,7,13,17-19H2,1-2H3,(H,37,40)/t22-/m1/s1. The van der Waals surface area contributed by atoms with Gasteiger partial charge in [-0.2, -0.15) is 13.2 Å². The van der Waals surface area contributed by atoms with Crippen LogP contribution in [-0.2, 0) is 12.7 Å². The van der Waals surface area contributed by atoms with Crippen molar-refractivity contribution in [3.63, 3.8) is 0 Å². The maximum Gasteiger partial charge on any atom is 0.416 e. The van der Waals surface area contributed by atoms with E-state index in [2.05, 4.69) is 20.0 Å². The number of hydrogen-bond acceptors (Lipinski definition) is 4. The third-order valence-electron chi connectivity index (χ3n) is 7.46. The van der Waals surface area contributed by atoms with Gasteiger partial charge in [0.15, 0.2) is 11.3 Å². The van der Waals surface area contributed by atoms with Crippen LogP contribution in [0.25, 0.3) is 27.4 Å². The third kappa shape index (κ3) is 6.60. The summed E-state index contributed by atoms with van der Waals surface area (Å²) < 4.78 is 45.3. The topological polar surface area (TPSA) is 62.7 Å². The first kappa shape index (κ1) is 28.4. The van der Waals surface area contributed by atoms with Crippen LogP contribution < -0.4 is 5.32 Å². The van der Waals surface area contributed by atoms with Gasteiger partial charge >= 0.3 is 6.18 Å². The molecule has 1 N–H and O–H groups in total. The summed E-state index contributed by atoms with van der Waals surface area (Å²) in [6.45, 7) is 13.9. The predicted octanol–water partition coefficient (Wildman–Crippen LogP) is 7.83. The highest BCUT2D eigenvalue weighted by Gasteiger charge is 2.30. The van der Waals surface area contributed by atoms with Gasteiger partial charge in [0.25, 0.3) is 5.91 Å². The summed E-state index contributed by atoms with van der Waals surface area (Å²) in [5, 5.41) is 3.01. The quantitative estimate of drug-likeness (QED) is 0.234. The highest BCUT2D eigenvalue weighted by molar-refractivity contribution is 5.94. The molecule has 0 bridgehead atoms. The van der Waals surface area contributed by atoms with Crippen LogP contribution in [0.3, 0.4) is 0 Å². The molecule has 1 fully saturated rings. The lowest BCUT2D eigenvalue weighted by Gasteiger charge is -2.33. The number of halogens is 3. The van der Waals surface area contributed by atoms with Gasteiger partial charge in [-0.3, -0.25) is 9.69 Å². The van der Waals surface area contributed by atoms with Crippen LogP contribution in [0.15, 0.2) is 65.1 Å². The number of carbonyl (C=O) groups excluding carboxylic acids is 1. The Morgan fingerprint density at radius 2 is 1.95 bits per heavy atom. The van der Waals surface area contributed by atoms with Crippen molar-refractivity contribution in [1.82, 2.24) is 15.2 Å². The minimum absolute atomic E-state index is 0.169. The van der Waals surface area contributed by atoms with Crippen LogP contribution in [0.5, 0.6) is 0 Å². The molecule has 1 saturated heterocycles. The highest BCUT2D eigenvalue weighted by Crippen LogP contribution is 2.34. The van der Waals surface area contributed by atoms with Crippen molar-refractivity contribution in [2.75, 3.05) is 19.6 Å². The Balaban J connectivity index is 1.19. The molecule has 1 atom stereocenters. The number of benzene rings is 3. The maximum absolute atomic E-state index is 13.1. The van der Waals surface area contributed by atoms with Crippen molar-refractivity contribution in [3.8, 4) is 11.5 Å². The molecule has 5 rings (SSSR count). The number of carbonyl (C=O) groups is 1. The average Bonchev–Trinajstić information content (AvgIpc) is 3.39. The number of rotatable bonds is 7. The number of alkyl halides is 3. The lowest BCUT2D eigenvalue weighted by atomic mass is 9.97. The molecule has 3 aromatic carbocycles. The Morgan fingerprint density at radius 3 is 2.66 bits per heavy atom. The van der Waals surface area contributed by atoms with Crippen LogP contribution in [0.1, 0.15) is 59.7 Å². The lowest BCUT2D eigenvalue weighted by molar-refractivity contribution is -0.137. The Hall–Kier alpha value is -4.16. The molecule has 4 aromatic rings. The molecule has 212 valence electrons. The fraction of sp³-hybridized carbons (Fsp3) is 0.344. The molecule has 0 radical (unpaired) electrons. The number of fused-ring (bicyclic) bond motifs is 1. The number of amides is 1. The zero-order valence-corrected chi connectivity index (χ0v) is 23.0. The van der Waals surface area contributed by atoms with Crippen LogP contribution in [0.4, 0.5) is 18.9 Å². The Bertz CT molecular complexity index is 1590.